The van der Waals surface area contributed by atoms with Crippen molar-refractivity contribution < 1.29 is 27.5 Å². The average molecular weight is 396 g/mol. The zero-order chi connectivity index (χ0) is 19.9. The molecule has 1 fully saturated rings. The molecule has 1 saturated heterocycles. The Labute approximate surface area is 155 Å². The lowest BCUT2D eigenvalue weighted by Crippen LogP contribution is -2.50. The Kier molecular flexibility index (Phi) is 4.82. The van der Waals surface area contributed by atoms with E-state index in [-0.39, 0.29) is 59.8 Å². The number of carboxylic acids is 1. The Balaban J connectivity index is 1.80. The van der Waals surface area contributed by atoms with E-state index in [1.807, 2.05) is 0 Å². The van der Waals surface area contributed by atoms with Gasteiger partial charge in [-0.05, 0) is 26.8 Å². The molecule has 2 N–H and O–H groups in total. The lowest BCUT2D eigenvalue weighted by atomic mass is 10.2. The average Bonchev–Trinajstić information content (AvgIpc) is 3.17. The lowest BCUT2D eigenvalue weighted by molar-refractivity contribution is 0.0688. The van der Waals surface area contributed by atoms with Gasteiger partial charge >= 0.3 is 5.97 Å². The van der Waals surface area contributed by atoms with Crippen molar-refractivity contribution in [3.8, 4) is 0 Å². The van der Waals surface area contributed by atoms with Crippen molar-refractivity contribution in [3.63, 3.8) is 0 Å². The summed E-state index contributed by atoms with van der Waals surface area (Å²) in [4.78, 5) is 25.1. The minimum atomic E-state index is -4.06. The molecule has 2 aromatic rings. The summed E-state index contributed by atoms with van der Waals surface area (Å²) >= 11 is 0. The fourth-order valence-electron chi connectivity index (χ4n) is 3.17. The van der Waals surface area contributed by atoms with Gasteiger partial charge in [0.2, 0.25) is 10.0 Å². The van der Waals surface area contributed by atoms with Gasteiger partial charge in [0.25, 0.3) is 5.91 Å². The molecule has 0 unspecified atom stereocenters. The monoisotopic (exact) mass is 396 g/mol. The highest BCUT2D eigenvalue weighted by Crippen LogP contribution is 2.30. The molecule has 3 rings (SSSR count). The van der Waals surface area contributed by atoms with Gasteiger partial charge in [-0.1, -0.05) is 0 Å². The van der Waals surface area contributed by atoms with E-state index in [0.29, 0.717) is 0 Å². The van der Waals surface area contributed by atoms with Gasteiger partial charge in [-0.25, -0.2) is 13.2 Å². The van der Waals surface area contributed by atoms with E-state index < -0.39 is 16.0 Å². The van der Waals surface area contributed by atoms with Crippen molar-refractivity contribution in [2.24, 2.45) is 0 Å². The van der Waals surface area contributed by atoms with Gasteiger partial charge in [-0.15, -0.1) is 0 Å². The quantitative estimate of drug-likeness (QED) is 0.779. The van der Waals surface area contributed by atoms with Crippen LogP contribution in [0.3, 0.4) is 0 Å². The summed E-state index contributed by atoms with van der Waals surface area (Å²) in [5.74, 6) is -1.56. The first kappa shape index (κ1) is 19.1. The van der Waals surface area contributed by atoms with Crippen LogP contribution in [0.1, 0.15) is 38.1 Å². The van der Waals surface area contributed by atoms with Crippen LogP contribution in [-0.2, 0) is 10.0 Å². The second-order valence-corrected chi connectivity index (χ2v) is 8.23. The van der Waals surface area contributed by atoms with Gasteiger partial charge < -0.3 is 14.4 Å². The number of piperazine rings is 1. The molecule has 0 bridgehead atoms. The third-order valence-corrected chi connectivity index (χ3v) is 6.52. The number of rotatable bonds is 4. The second kappa shape index (κ2) is 6.82. The van der Waals surface area contributed by atoms with Crippen molar-refractivity contribution in [3.05, 3.63) is 34.5 Å². The third-order valence-electron chi connectivity index (χ3n) is 4.47. The second-order valence-electron chi connectivity index (χ2n) is 6.36. The van der Waals surface area contributed by atoms with Crippen LogP contribution >= 0.6 is 0 Å². The maximum absolute atomic E-state index is 13.0. The molecular weight excluding hydrogens is 376 g/mol. The van der Waals surface area contributed by atoms with Crippen molar-refractivity contribution in [1.82, 2.24) is 19.4 Å². The number of aromatic nitrogens is 2. The highest BCUT2D eigenvalue weighted by Gasteiger charge is 2.37. The molecule has 27 heavy (non-hydrogen) atoms. The molecule has 10 nitrogen and oxygen atoms in total. The molecule has 0 saturated carbocycles. The number of nitrogens with zero attached hydrogens (tertiary/aromatic N) is 3. The van der Waals surface area contributed by atoms with E-state index in [2.05, 4.69) is 10.2 Å². The third kappa shape index (κ3) is 3.35. The molecule has 0 atom stereocenters. The predicted molar refractivity (Wildman–Crippen MR) is 93.1 cm³/mol. The Morgan fingerprint density at radius 2 is 1.78 bits per heavy atom. The number of carboxylic acid groups (broad SMARTS) is 1. The maximum atomic E-state index is 13.0. The molecule has 1 aliphatic heterocycles. The largest absolute Gasteiger partial charge is 0.478 e. The summed E-state index contributed by atoms with van der Waals surface area (Å²) in [5.41, 5.74) is 0.683. The molecule has 1 aliphatic rings. The van der Waals surface area contributed by atoms with E-state index in [1.165, 1.54) is 23.1 Å². The van der Waals surface area contributed by atoms with E-state index >= 15 is 0 Å². The van der Waals surface area contributed by atoms with E-state index in [4.69, 9.17) is 4.42 Å². The van der Waals surface area contributed by atoms with Crippen molar-refractivity contribution in [2.45, 2.75) is 25.7 Å². The Hall–Kier alpha value is -2.66. The number of H-pyrrole nitrogens is 1. The van der Waals surface area contributed by atoms with Crippen molar-refractivity contribution in [1.29, 1.82) is 0 Å². The number of aryl methyl sites for hydroxylation is 3. The van der Waals surface area contributed by atoms with E-state index in [9.17, 15) is 23.1 Å². The topological polar surface area (TPSA) is 137 Å². The minimum Gasteiger partial charge on any atom is -0.478 e. The molecule has 3 heterocycles. The summed E-state index contributed by atoms with van der Waals surface area (Å²) in [6.07, 6.45) is 0. The van der Waals surface area contributed by atoms with Gasteiger partial charge in [0.1, 0.15) is 27.7 Å². The van der Waals surface area contributed by atoms with Crippen LogP contribution in [0.15, 0.2) is 15.4 Å². The summed E-state index contributed by atoms with van der Waals surface area (Å²) in [5, 5.41) is 16.0. The molecule has 0 radical (unpaired) electrons. The first-order chi connectivity index (χ1) is 12.6. The Bertz CT molecular complexity index is 998. The fourth-order valence-corrected chi connectivity index (χ4v) is 4.97. The van der Waals surface area contributed by atoms with Crippen molar-refractivity contribution in [2.75, 3.05) is 26.2 Å². The van der Waals surface area contributed by atoms with Gasteiger partial charge in [-0.3, -0.25) is 9.89 Å². The number of hydrogen-bond donors (Lipinski definition) is 2. The molecule has 0 aliphatic carbocycles. The van der Waals surface area contributed by atoms with Gasteiger partial charge in [0.15, 0.2) is 0 Å². The molecule has 146 valence electrons. The number of furan rings is 1. The number of sulfonamides is 1. The zero-order valence-corrected chi connectivity index (χ0v) is 16.0. The lowest BCUT2D eigenvalue weighted by Gasteiger charge is -2.33. The summed E-state index contributed by atoms with van der Waals surface area (Å²) in [6, 6.07) is 1.63. The van der Waals surface area contributed by atoms with Crippen LogP contribution in [0.25, 0.3) is 0 Å². The van der Waals surface area contributed by atoms with Crippen LogP contribution in [-0.4, -0.2) is 71.0 Å². The van der Waals surface area contributed by atoms with Crippen LogP contribution in [0, 0.1) is 20.8 Å². The highest BCUT2D eigenvalue weighted by molar-refractivity contribution is 7.89. The summed E-state index contributed by atoms with van der Waals surface area (Å²) in [7, 11) is -4.06. The summed E-state index contributed by atoms with van der Waals surface area (Å²) < 4.78 is 32.4. The predicted octanol–water partition coefficient (Wildman–Crippen LogP) is 0.773. The molecular formula is C16H20N4O6S. The highest BCUT2D eigenvalue weighted by atomic mass is 32.2. The molecule has 2 aromatic heterocycles. The number of hydrogen-bond acceptors (Lipinski definition) is 6. The number of aromatic carboxylic acids is 1. The first-order valence-electron chi connectivity index (χ1n) is 8.27. The summed E-state index contributed by atoms with van der Waals surface area (Å²) in [6.45, 7) is 5.10. The number of carbonyl (C=O) groups is 2. The number of aromatic amines is 1. The van der Waals surface area contributed by atoms with Crippen LogP contribution in [0.2, 0.25) is 0 Å². The standard InChI is InChI=1S/C16H20N4O6S/c1-9-8-12(18-17-9)15(21)19-4-6-20(7-5-19)27(24,25)14-11(3)26-10(2)13(14)16(22)23/h8H,4-7H2,1-3H3,(H,17,18)(H,22,23). The zero-order valence-electron chi connectivity index (χ0n) is 15.1. The number of carbonyl (C=O) groups excluding carboxylic acids is 1. The first-order valence-corrected chi connectivity index (χ1v) is 9.71. The van der Waals surface area contributed by atoms with Crippen LogP contribution in [0.5, 0.6) is 0 Å². The SMILES string of the molecule is Cc1cc(C(=O)N2CCN(S(=O)(=O)c3c(C)oc(C)c3C(=O)O)CC2)n[nH]1. The molecule has 0 spiro atoms. The Morgan fingerprint density at radius 3 is 2.30 bits per heavy atom. The van der Waals surface area contributed by atoms with Crippen LogP contribution in [0.4, 0.5) is 0 Å². The van der Waals surface area contributed by atoms with Gasteiger partial charge in [0.05, 0.1) is 0 Å². The normalized spacial score (nSPS) is 15.9. The minimum absolute atomic E-state index is 0.0374. The molecule has 0 aromatic carbocycles. The van der Waals surface area contributed by atoms with Crippen molar-refractivity contribution >= 4 is 21.9 Å². The van der Waals surface area contributed by atoms with Gasteiger partial charge in [0, 0.05) is 31.9 Å². The smallest absolute Gasteiger partial charge is 0.340 e. The van der Waals surface area contributed by atoms with Crippen LogP contribution < -0.4 is 0 Å². The molecule has 1 amide bonds. The van der Waals surface area contributed by atoms with E-state index in [1.54, 1.807) is 13.0 Å². The Morgan fingerprint density at radius 1 is 1.15 bits per heavy atom. The molecule has 11 heteroatoms. The van der Waals surface area contributed by atoms with Gasteiger partial charge in [-0.2, -0.15) is 9.40 Å². The maximum Gasteiger partial charge on any atom is 0.340 e. The van der Waals surface area contributed by atoms with E-state index in [0.717, 1.165) is 5.69 Å². The number of nitrogens with one attached hydrogen (secondary N) is 1. The number of amides is 1. The fraction of sp³-hybridized carbons (Fsp3) is 0.438.